The molecule has 1 rings (SSSR count). The van der Waals surface area contributed by atoms with Crippen LogP contribution in [0.5, 0.6) is 0 Å². The van der Waals surface area contributed by atoms with E-state index in [2.05, 4.69) is 6.92 Å². The van der Waals surface area contributed by atoms with Crippen LogP contribution in [0.25, 0.3) is 0 Å². The molecule has 0 aromatic carbocycles. The lowest BCUT2D eigenvalue weighted by atomic mass is 10.0. The zero-order chi connectivity index (χ0) is 12.6. The summed E-state index contributed by atoms with van der Waals surface area (Å²) < 4.78 is 23.8. The molecule has 0 saturated carbocycles. The van der Waals surface area contributed by atoms with Crippen LogP contribution >= 0.6 is 0 Å². The van der Waals surface area contributed by atoms with E-state index in [4.69, 9.17) is 5.11 Å². The van der Waals surface area contributed by atoms with Crippen LogP contribution in [0.3, 0.4) is 0 Å². The highest BCUT2D eigenvalue weighted by Gasteiger charge is 2.46. The first-order valence-corrected chi connectivity index (χ1v) is 6.86. The van der Waals surface area contributed by atoms with Crippen molar-refractivity contribution in [2.75, 3.05) is 13.1 Å². The van der Waals surface area contributed by atoms with E-state index in [-0.39, 0.29) is 0 Å². The Hall–Kier alpha value is -0.620. The molecular formula is C10H19NO4S. The molecule has 6 heteroatoms. The van der Waals surface area contributed by atoms with Crippen LogP contribution in [0, 0.1) is 5.92 Å². The molecule has 0 spiro atoms. The predicted octanol–water partition coefficient (Wildman–Crippen LogP) is 0.911. The summed E-state index contributed by atoms with van der Waals surface area (Å²) in [5.41, 5.74) is 0. The van der Waals surface area contributed by atoms with Crippen molar-refractivity contribution in [2.45, 2.75) is 38.4 Å². The molecule has 1 N–H and O–H groups in total. The summed E-state index contributed by atoms with van der Waals surface area (Å²) in [5, 5.41) is 8.95. The minimum Gasteiger partial charge on any atom is -0.480 e. The fraction of sp³-hybridized carbons (Fsp3) is 0.900. The van der Waals surface area contributed by atoms with E-state index < -0.39 is 20.7 Å². The number of nitrogens with zero attached hydrogens (tertiary/aromatic N) is 1. The fourth-order valence-electron chi connectivity index (χ4n) is 1.66. The number of sulfonamides is 1. The Morgan fingerprint density at radius 3 is 2.12 bits per heavy atom. The Morgan fingerprint density at radius 1 is 1.31 bits per heavy atom. The Balaban J connectivity index is 2.91. The van der Waals surface area contributed by atoms with Gasteiger partial charge in [0.05, 0.1) is 0 Å². The summed E-state index contributed by atoms with van der Waals surface area (Å²) in [5.74, 6) is -0.787. The third-order valence-corrected chi connectivity index (χ3v) is 5.75. The van der Waals surface area contributed by atoms with E-state index >= 15 is 0 Å². The van der Waals surface area contributed by atoms with Gasteiger partial charge in [-0.1, -0.05) is 6.92 Å². The molecule has 0 aromatic rings. The normalized spacial score (nSPS) is 20.9. The first-order valence-electron chi connectivity index (χ1n) is 5.42. The molecule has 94 valence electrons. The number of hydrogen-bond acceptors (Lipinski definition) is 3. The second-order valence-electron chi connectivity index (χ2n) is 4.90. The highest BCUT2D eigenvalue weighted by molar-refractivity contribution is 7.91. The minimum absolute atomic E-state index is 0.431. The van der Waals surface area contributed by atoms with Gasteiger partial charge in [0.15, 0.2) is 4.75 Å². The second-order valence-corrected chi connectivity index (χ2v) is 7.39. The topological polar surface area (TPSA) is 74.7 Å². The Bertz CT molecular complexity index is 366. The van der Waals surface area contributed by atoms with Gasteiger partial charge in [-0.25, -0.2) is 12.7 Å². The van der Waals surface area contributed by atoms with E-state index in [0.29, 0.717) is 19.0 Å². The van der Waals surface area contributed by atoms with Gasteiger partial charge in [-0.2, -0.15) is 0 Å². The third-order valence-electron chi connectivity index (χ3n) is 3.24. The zero-order valence-electron chi connectivity index (χ0n) is 9.93. The lowest BCUT2D eigenvalue weighted by Gasteiger charge is -2.34. The monoisotopic (exact) mass is 249 g/mol. The van der Waals surface area contributed by atoms with Crippen molar-refractivity contribution >= 4 is 16.0 Å². The third kappa shape index (κ3) is 2.22. The maximum Gasteiger partial charge on any atom is 0.325 e. The van der Waals surface area contributed by atoms with Gasteiger partial charge < -0.3 is 5.11 Å². The number of carboxylic acids is 1. The standard InChI is InChI=1S/C10H19NO4S/c1-8-4-6-11(7-5-8)16(14,15)10(2,3)9(12)13/h8H,4-7H2,1-3H3,(H,12,13). The van der Waals surface area contributed by atoms with Gasteiger partial charge in [0, 0.05) is 13.1 Å². The number of carboxylic acid groups (broad SMARTS) is 1. The molecule has 0 aromatic heterocycles. The quantitative estimate of drug-likeness (QED) is 0.806. The summed E-state index contributed by atoms with van der Waals surface area (Å²) >= 11 is 0. The van der Waals surface area contributed by atoms with Crippen LogP contribution in [0.1, 0.15) is 33.6 Å². The van der Waals surface area contributed by atoms with E-state index in [1.54, 1.807) is 0 Å². The summed E-state index contributed by atoms with van der Waals surface area (Å²) in [6, 6.07) is 0. The Kier molecular flexibility index (Phi) is 3.64. The second kappa shape index (κ2) is 4.33. The van der Waals surface area contributed by atoms with E-state index in [1.807, 2.05) is 0 Å². The van der Waals surface area contributed by atoms with Gasteiger partial charge in [-0.15, -0.1) is 0 Å². The lowest BCUT2D eigenvalue weighted by molar-refractivity contribution is -0.139. The molecule has 0 atom stereocenters. The average molecular weight is 249 g/mol. The average Bonchev–Trinajstić information content (AvgIpc) is 2.17. The molecule has 5 nitrogen and oxygen atoms in total. The number of aliphatic carboxylic acids is 1. The summed E-state index contributed by atoms with van der Waals surface area (Å²) in [6.07, 6.45) is 1.60. The zero-order valence-corrected chi connectivity index (χ0v) is 10.7. The van der Waals surface area contributed by atoms with Crippen LogP contribution in [-0.2, 0) is 14.8 Å². The lowest BCUT2D eigenvalue weighted by Crippen LogP contribution is -2.51. The van der Waals surface area contributed by atoms with Gasteiger partial charge in [-0.3, -0.25) is 4.79 Å². The molecule has 1 heterocycles. The molecule has 1 aliphatic rings. The van der Waals surface area contributed by atoms with Crippen LogP contribution in [0.2, 0.25) is 0 Å². The largest absolute Gasteiger partial charge is 0.480 e. The molecule has 0 radical (unpaired) electrons. The van der Waals surface area contributed by atoms with Gasteiger partial charge in [-0.05, 0) is 32.6 Å². The molecule has 16 heavy (non-hydrogen) atoms. The van der Waals surface area contributed by atoms with E-state index in [9.17, 15) is 13.2 Å². The molecule has 0 unspecified atom stereocenters. The van der Waals surface area contributed by atoms with Crippen molar-refractivity contribution < 1.29 is 18.3 Å². The number of hydrogen-bond donors (Lipinski definition) is 1. The van der Waals surface area contributed by atoms with Gasteiger partial charge in [0.2, 0.25) is 10.0 Å². The van der Waals surface area contributed by atoms with Crippen molar-refractivity contribution in [3.05, 3.63) is 0 Å². The van der Waals surface area contributed by atoms with Crippen LogP contribution in [0.15, 0.2) is 0 Å². The van der Waals surface area contributed by atoms with Crippen LogP contribution in [-0.4, -0.2) is 41.6 Å². The number of rotatable bonds is 3. The van der Waals surface area contributed by atoms with Gasteiger partial charge >= 0.3 is 5.97 Å². The fourth-order valence-corrected chi connectivity index (χ4v) is 3.22. The van der Waals surface area contributed by atoms with Crippen molar-refractivity contribution in [1.82, 2.24) is 4.31 Å². The smallest absolute Gasteiger partial charge is 0.325 e. The summed E-state index contributed by atoms with van der Waals surface area (Å²) in [6.45, 7) is 5.41. The van der Waals surface area contributed by atoms with Crippen molar-refractivity contribution in [1.29, 1.82) is 0 Å². The van der Waals surface area contributed by atoms with E-state index in [0.717, 1.165) is 12.8 Å². The Morgan fingerprint density at radius 2 is 1.75 bits per heavy atom. The Labute approximate surface area is 96.5 Å². The van der Waals surface area contributed by atoms with Crippen molar-refractivity contribution in [2.24, 2.45) is 5.92 Å². The highest BCUT2D eigenvalue weighted by Crippen LogP contribution is 2.26. The number of carbonyl (C=O) groups is 1. The number of piperidine rings is 1. The molecule has 0 aliphatic carbocycles. The van der Waals surface area contributed by atoms with Crippen molar-refractivity contribution in [3.8, 4) is 0 Å². The maximum atomic E-state index is 12.1. The highest BCUT2D eigenvalue weighted by atomic mass is 32.2. The summed E-state index contributed by atoms with van der Waals surface area (Å²) in [4.78, 5) is 11.0. The van der Waals surface area contributed by atoms with Crippen molar-refractivity contribution in [3.63, 3.8) is 0 Å². The molecular weight excluding hydrogens is 230 g/mol. The van der Waals surface area contributed by atoms with Gasteiger partial charge in [0.25, 0.3) is 0 Å². The van der Waals surface area contributed by atoms with E-state index in [1.165, 1.54) is 18.2 Å². The molecule has 0 amide bonds. The molecule has 1 fully saturated rings. The van der Waals surface area contributed by atoms with Crippen LogP contribution in [0.4, 0.5) is 0 Å². The van der Waals surface area contributed by atoms with Crippen LogP contribution < -0.4 is 0 Å². The SMILES string of the molecule is CC1CCN(S(=O)(=O)C(C)(C)C(=O)O)CC1. The van der Waals surface area contributed by atoms with Gasteiger partial charge in [0.1, 0.15) is 0 Å². The maximum absolute atomic E-state index is 12.1. The predicted molar refractivity (Wildman–Crippen MR) is 60.6 cm³/mol. The first kappa shape index (κ1) is 13.4. The minimum atomic E-state index is -3.75. The molecule has 0 bridgehead atoms. The first-order chi connectivity index (χ1) is 7.19. The molecule has 1 saturated heterocycles. The molecule has 1 aliphatic heterocycles. The summed E-state index contributed by atoms with van der Waals surface area (Å²) in [7, 11) is -3.75.